The first-order chi connectivity index (χ1) is 13.7. The van der Waals surface area contributed by atoms with Crippen LogP contribution in [-0.4, -0.2) is 33.5 Å². The second kappa shape index (κ2) is 8.34. The normalized spacial score (nSPS) is 11.7. The summed E-state index contributed by atoms with van der Waals surface area (Å²) < 4.78 is 76.2. The van der Waals surface area contributed by atoms with E-state index in [1.807, 2.05) is 0 Å². The SMILES string of the molecule is COc1nc(OCC(F)F)c(F)cc1NS(=O)(=O)c1cccc2cc(Cl)ccc12. The van der Waals surface area contributed by atoms with E-state index in [1.165, 1.54) is 12.1 Å². The highest BCUT2D eigenvalue weighted by Gasteiger charge is 2.22. The van der Waals surface area contributed by atoms with Crippen molar-refractivity contribution in [1.29, 1.82) is 0 Å². The molecule has 1 N–H and O–H groups in total. The van der Waals surface area contributed by atoms with Gasteiger partial charge in [0.1, 0.15) is 5.69 Å². The van der Waals surface area contributed by atoms with E-state index in [-0.39, 0.29) is 16.5 Å². The number of alkyl halides is 2. The van der Waals surface area contributed by atoms with Crippen LogP contribution >= 0.6 is 11.6 Å². The predicted octanol–water partition coefficient (Wildman–Crippen LogP) is 4.48. The number of hydrogen-bond acceptors (Lipinski definition) is 5. The Bertz CT molecular complexity index is 1160. The molecule has 0 amide bonds. The van der Waals surface area contributed by atoms with Crippen LogP contribution in [0.1, 0.15) is 0 Å². The third-order valence-electron chi connectivity index (χ3n) is 3.78. The summed E-state index contributed by atoms with van der Waals surface area (Å²) in [7, 11) is -3.02. The van der Waals surface area contributed by atoms with Gasteiger partial charge in [-0.25, -0.2) is 21.6 Å². The van der Waals surface area contributed by atoms with Gasteiger partial charge < -0.3 is 9.47 Å². The fourth-order valence-corrected chi connectivity index (χ4v) is 4.05. The summed E-state index contributed by atoms with van der Waals surface area (Å²) in [6.07, 6.45) is -2.83. The van der Waals surface area contributed by atoms with Crippen LogP contribution < -0.4 is 14.2 Å². The lowest BCUT2D eigenvalue weighted by Crippen LogP contribution is -2.15. The Morgan fingerprint density at radius 2 is 1.93 bits per heavy atom. The number of methoxy groups -OCH3 is 1. The molecule has 0 radical (unpaired) electrons. The maximum absolute atomic E-state index is 14.2. The number of ether oxygens (including phenoxy) is 2. The Hall–Kier alpha value is -2.72. The average Bonchev–Trinajstić information content (AvgIpc) is 2.66. The van der Waals surface area contributed by atoms with Crippen LogP contribution in [0.2, 0.25) is 5.02 Å². The second-order valence-corrected chi connectivity index (χ2v) is 7.85. The van der Waals surface area contributed by atoms with Crippen molar-refractivity contribution in [2.75, 3.05) is 18.4 Å². The Morgan fingerprint density at radius 1 is 1.17 bits per heavy atom. The molecule has 0 bridgehead atoms. The first-order valence-corrected chi connectivity index (χ1v) is 9.94. The number of aromatic nitrogens is 1. The van der Waals surface area contributed by atoms with E-state index in [2.05, 4.69) is 14.4 Å². The van der Waals surface area contributed by atoms with Crippen LogP contribution in [0.15, 0.2) is 47.4 Å². The quantitative estimate of drug-likeness (QED) is 0.579. The molecule has 0 aliphatic heterocycles. The van der Waals surface area contributed by atoms with Crippen molar-refractivity contribution in [3.63, 3.8) is 0 Å². The summed E-state index contributed by atoms with van der Waals surface area (Å²) >= 11 is 5.94. The van der Waals surface area contributed by atoms with Gasteiger partial charge in [0.05, 0.1) is 12.0 Å². The molecule has 1 aromatic heterocycles. The molecule has 6 nitrogen and oxygen atoms in total. The van der Waals surface area contributed by atoms with E-state index in [4.69, 9.17) is 16.3 Å². The molecule has 0 saturated heterocycles. The zero-order valence-corrected chi connectivity index (χ0v) is 16.4. The molecule has 1 heterocycles. The molecule has 0 fully saturated rings. The molecule has 2 aromatic carbocycles. The van der Waals surface area contributed by atoms with Gasteiger partial charge in [0.25, 0.3) is 22.3 Å². The number of nitrogens with one attached hydrogen (secondary N) is 1. The Morgan fingerprint density at radius 3 is 2.62 bits per heavy atom. The first-order valence-electron chi connectivity index (χ1n) is 8.08. The number of rotatable bonds is 7. The zero-order valence-electron chi connectivity index (χ0n) is 14.8. The van der Waals surface area contributed by atoms with Crippen molar-refractivity contribution >= 4 is 38.1 Å². The smallest absolute Gasteiger partial charge is 0.272 e. The maximum atomic E-state index is 14.2. The van der Waals surface area contributed by atoms with E-state index in [9.17, 15) is 21.6 Å². The molecule has 0 aliphatic rings. The minimum atomic E-state index is -4.18. The van der Waals surface area contributed by atoms with Crippen molar-refractivity contribution in [1.82, 2.24) is 4.98 Å². The largest absolute Gasteiger partial charge is 0.479 e. The number of pyridine rings is 1. The molecule has 0 aliphatic carbocycles. The van der Waals surface area contributed by atoms with Crippen LogP contribution in [0, 0.1) is 5.82 Å². The standard InChI is InChI=1S/C18H14ClF3N2O4S/c1-27-18-14(8-13(20)17(23-18)28-9-16(21)22)24-29(25,26)15-4-2-3-10-7-11(19)5-6-12(10)15/h2-8,16,24H,9H2,1H3. The minimum Gasteiger partial charge on any atom is -0.479 e. The number of anilines is 1. The van der Waals surface area contributed by atoms with Crippen molar-refractivity contribution in [2.24, 2.45) is 0 Å². The van der Waals surface area contributed by atoms with Crippen LogP contribution in [-0.2, 0) is 10.0 Å². The van der Waals surface area contributed by atoms with Crippen LogP contribution in [0.25, 0.3) is 10.8 Å². The van der Waals surface area contributed by atoms with Gasteiger partial charge in [-0.1, -0.05) is 29.8 Å². The first kappa shape index (κ1) is 21.0. The third-order valence-corrected chi connectivity index (χ3v) is 5.44. The van der Waals surface area contributed by atoms with Gasteiger partial charge in [-0.3, -0.25) is 4.72 Å². The number of benzene rings is 2. The van der Waals surface area contributed by atoms with Gasteiger partial charge in [0, 0.05) is 16.5 Å². The molecular weight excluding hydrogens is 433 g/mol. The Kier molecular flexibility index (Phi) is 6.04. The average molecular weight is 447 g/mol. The van der Waals surface area contributed by atoms with Crippen LogP contribution in [0.5, 0.6) is 11.8 Å². The molecule has 29 heavy (non-hydrogen) atoms. The lowest BCUT2D eigenvalue weighted by Gasteiger charge is -2.14. The molecule has 3 aromatic rings. The summed E-state index contributed by atoms with van der Waals surface area (Å²) in [5.41, 5.74) is -0.319. The summed E-state index contributed by atoms with van der Waals surface area (Å²) in [6.45, 7) is -1.07. The molecule has 0 atom stereocenters. The number of halogens is 4. The van der Waals surface area contributed by atoms with Crippen molar-refractivity contribution in [2.45, 2.75) is 11.3 Å². The van der Waals surface area contributed by atoms with E-state index >= 15 is 0 Å². The monoisotopic (exact) mass is 446 g/mol. The molecule has 0 unspecified atom stereocenters. The van der Waals surface area contributed by atoms with E-state index in [0.29, 0.717) is 15.8 Å². The van der Waals surface area contributed by atoms with Crippen molar-refractivity contribution in [3.05, 3.63) is 53.3 Å². The topological polar surface area (TPSA) is 77.5 Å². The predicted molar refractivity (Wildman–Crippen MR) is 102 cm³/mol. The van der Waals surface area contributed by atoms with E-state index in [0.717, 1.165) is 13.2 Å². The highest BCUT2D eigenvalue weighted by Crippen LogP contribution is 2.32. The maximum Gasteiger partial charge on any atom is 0.272 e. The molecule has 154 valence electrons. The summed E-state index contributed by atoms with van der Waals surface area (Å²) in [6, 6.07) is 10.0. The number of fused-ring (bicyclic) bond motifs is 1. The van der Waals surface area contributed by atoms with Crippen LogP contribution in [0.3, 0.4) is 0 Å². The summed E-state index contributed by atoms with van der Waals surface area (Å²) in [5, 5.41) is 1.42. The zero-order chi connectivity index (χ0) is 21.2. The lowest BCUT2D eigenvalue weighted by molar-refractivity contribution is 0.0770. The summed E-state index contributed by atoms with van der Waals surface area (Å²) in [4.78, 5) is 3.54. The van der Waals surface area contributed by atoms with Gasteiger partial charge >= 0.3 is 0 Å². The Labute approximate surface area is 169 Å². The van der Waals surface area contributed by atoms with Gasteiger partial charge in [0.2, 0.25) is 5.88 Å². The highest BCUT2D eigenvalue weighted by molar-refractivity contribution is 7.93. The molecule has 11 heteroatoms. The van der Waals surface area contributed by atoms with Gasteiger partial charge in [0.15, 0.2) is 12.4 Å². The molecular formula is C18H14ClF3N2O4S. The van der Waals surface area contributed by atoms with Gasteiger partial charge in [-0.05, 0) is 23.6 Å². The summed E-state index contributed by atoms with van der Waals surface area (Å²) in [5.74, 6) is -2.21. The third kappa shape index (κ3) is 4.65. The fourth-order valence-electron chi connectivity index (χ4n) is 2.59. The fraction of sp³-hybridized carbons (Fsp3) is 0.167. The van der Waals surface area contributed by atoms with E-state index < -0.39 is 34.8 Å². The van der Waals surface area contributed by atoms with Gasteiger partial charge in [-0.2, -0.15) is 4.98 Å². The van der Waals surface area contributed by atoms with Crippen molar-refractivity contribution in [3.8, 4) is 11.8 Å². The molecule has 0 saturated carbocycles. The number of nitrogens with zero attached hydrogens (tertiary/aromatic N) is 1. The number of sulfonamides is 1. The lowest BCUT2D eigenvalue weighted by atomic mass is 10.1. The molecule has 3 rings (SSSR count). The minimum absolute atomic E-state index is 0.0767. The van der Waals surface area contributed by atoms with Crippen molar-refractivity contribution < 1.29 is 31.1 Å². The van der Waals surface area contributed by atoms with Crippen LogP contribution in [0.4, 0.5) is 18.9 Å². The highest BCUT2D eigenvalue weighted by atomic mass is 35.5. The Balaban J connectivity index is 2.00. The number of hydrogen-bond donors (Lipinski definition) is 1. The second-order valence-electron chi connectivity index (χ2n) is 5.76. The molecule has 0 spiro atoms. The van der Waals surface area contributed by atoms with Gasteiger partial charge in [-0.15, -0.1) is 0 Å². The van der Waals surface area contributed by atoms with E-state index in [1.54, 1.807) is 24.3 Å².